The number of piperidine rings is 1. The van der Waals surface area contributed by atoms with Gasteiger partial charge in [0.2, 0.25) is 5.91 Å². The van der Waals surface area contributed by atoms with E-state index in [1.54, 1.807) is 29.2 Å². The van der Waals surface area contributed by atoms with Gasteiger partial charge in [-0.3, -0.25) is 14.4 Å². The van der Waals surface area contributed by atoms with E-state index in [-0.39, 0.29) is 5.91 Å². The first-order valence-electron chi connectivity index (χ1n) is 8.90. The lowest BCUT2D eigenvalue weighted by atomic mass is 9.96. The van der Waals surface area contributed by atoms with Gasteiger partial charge < -0.3 is 10.4 Å². The molecule has 134 valence electrons. The Morgan fingerprint density at radius 3 is 2.84 bits per heavy atom. The fraction of sp³-hybridized carbons (Fsp3) is 0.474. The molecule has 1 atom stereocenters. The largest absolute Gasteiger partial charge is 0.508 e. The van der Waals surface area contributed by atoms with Crippen molar-refractivity contribution in [1.29, 1.82) is 0 Å². The summed E-state index contributed by atoms with van der Waals surface area (Å²) in [4.78, 5) is 14.6. The van der Waals surface area contributed by atoms with Crippen molar-refractivity contribution in [1.82, 2.24) is 14.7 Å². The molecule has 0 saturated carbocycles. The topological polar surface area (TPSA) is 70.4 Å². The lowest BCUT2D eigenvalue weighted by Crippen LogP contribution is -2.44. The Kier molecular flexibility index (Phi) is 5.71. The normalized spacial score (nSPS) is 18.2. The SMILES string of the molecule is Cn1cc(NC(=O)CN2CCCCC2CCc2ccc(O)cc2)cn1. The molecule has 0 radical (unpaired) electrons. The molecule has 1 aliphatic rings. The molecular formula is C19H26N4O2. The molecule has 0 aliphatic carbocycles. The van der Waals surface area contributed by atoms with Crippen LogP contribution in [0.3, 0.4) is 0 Å². The van der Waals surface area contributed by atoms with Gasteiger partial charge in [0.25, 0.3) is 0 Å². The molecular weight excluding hydrogens is 316 g/mol. The molecule has 1 aromatic carbocycles. The van der Waals surface area contributed by atoms with Crippen molar-refractivity contribution in [2.24, 2.45) is 7.05 Å². The van der Waals surface area contributed by atoms with Crippen molar-refractivity contribution in [3.8, 4) is 5.75 Å². The lowest BCUT2D eigenvalue weighted by molar-refractivity contribution is -0.118. The fourth-order valence-corrected chi connectivity index (χ4v) is 3.46. The van der Waals surface area contributed by atoms with E-state index in [0.717, 1.165) is 37.9 Å². The molecule has 1 fully saturated rings. The molecule has 6 nitrogen and oxygen atoms in total. The van der Waals surface area contributed by atoms with Gasteiger partial charge in [-0.15, -0.1) is 0 Å². The highest BCUT2D eigenvalue weighted by atomic mass is 16.3. The third kappa shape index (κ3) is 5.06. The third-order valence-electron chi connectivity index (χ3n) is 4.79. The monoisotopic (exact) mass is 342 g/mol. The van der Waals surface area contributed by atoms with Crippen LogP contribution in [0.2, 0.25) is 0 Å². The van der Waals surface area contributed by atoms with Crippen molar-refractivity contribution in [2.75, 3.05) is 18.4 Å². The number of carbonyl (C=O) groups is 1. The molecule has 6 heteroatoms. The number of nitrogens with zero attached hydrogens (tertiary/aromatic N) is 3. The molecule has 2 N–H and O–H groups in total. The summed E-state index contributed by atoms with van der Waals surface area (Å²) < 4.78 is 1.68. The number of likely N-dealkylation sites (tertiary alicyclic amines) is 1. The molecule has 1 aromatic heterocycles. The van der Waals surface area contributed by atoms with Gasteiger partial charge in [-0.1, -0.05) is 18.6 Å². The highest BCUT2D eigenvalue weighted by molar-refractivity contribution is 5.92. The zero-order valence-corrected chi connectivity index (χ0v) is 14.7. The zero-order chi connectivity index (χ0) is 17.6. The summed E-state index contributed by atoms with van der Waals surface area (Å²) in [7, 11) is 1.83. The van der Waals surface area contributed by atoms with E-state index in [1.165, 1.54) is 12.0 Å². The van der Waals surface area contributed by atoms with E-state index in [0.29, 0.717) is 18.3 Å². The van der Waals surface area contributed by atoms with Crippen LogP contribution in [-0.4, -0.2) is 44.8 Å². The maximum atomic E-state index is 12.3. The van der Waals surface area contributed by atoms with E-state index in [1.807, 2.05) is 19.2 Å². The summed E-state index contributed by atoms with van der Waals surface area (Å²) in [6.45, 7) is 1.40. The quantitative estimate of drug-likeness (QED) is 0.846. The second kappa shape index (κ2) is 8.16. The standard InChI is InChI=1S/C19H26N4O2/c1-22-13-16(12-20-22)21-19(25)14-23-11-3-2-4-17(23)8-5-15-6-9-18(24)10-7-15/h6-7,9-10,12-13,17,24H,2-5,8,11,14H2,1H3,(H,21,25). The van der Waals surface area contributed by atoms with Crippen LogP contribution in [-0.2, 0) is 18.3 Å². The smallest absolute Gasteiger partial charge is 0.238 e. The number of rotatable bonds is 6. The summed E-state index contributed by atoms with van der Waals surface area (Å²) in [5, 5.41) is 16.4. The van der Waals surface area contributed by atoms with E-state index in [2.05, 4.69) is 15.3 Å². The van der Waals surface area contributed by atoms with Crippen molar-refractivity contribution >= 4 is 11.6 Å². The highest BCUT2D eigenvalue weighted by Gasteiger charge is 2.24. The minimum atomic E-state index is 0.0181. The van der Waals surface area contributed by atoms with Crippen molar-refractivity contribution in [2.45, 2.75) is 38.1 Å². The number of nitrogens with one attached hydrogen (secondary N) is 1. The molecule has 25 heavy (non-hydrogen) atoms. The number of carbonyl (C=O) groups excluding carboxylic acids is 1. The first-order chi connectivity index (χ1) is 12.1. The third-order valence-corrected chi connectivity index (χ3v) is 4.79. The number of phenolic OH excluding ortho intramolecular Hbond substituents is 1. The number of hydrogen-bond acceptors (Lipinski definition) is 4. The summed E-state index contributed by atoms with van der Waals surface area (Å²) >= 11 is 0. The van der Waals surface area contributed by atoms with Gasteiger partial charge in [-0.25, -0.2) is 0 Å². The average molecular weight is 342 g/mol. The van der Waals surface area contributed by atoms with Crippen LogP contribution < -0.4 is 5.32 Å². The molecule has 0 bridgehead atoms. The van der Waals surface area contributed by atoms with E-state index in [4.69, 9.17) is 0 Å². The van der Waals surface area contributed by atoms with Crippen LogP contribution >= 0.6 is 0 Å². The van der Waals surface area contributed by atoms with Gasteiger partial charge in [0, 0.05) is 19.3 Å². The van der Waals surface area contributed by atoms with Crippen LogP contribution in [0.1, 0.15) is 31.2 Å². The highest BCUT2D eigenvalue weighted by Crippen LogP contribution is 2.22. The summed E-state index contributed by atoms with van der Waals surface area (Å²) in [6, 6.07) is 7.84. The Labute approximate surface area is 148 Å². The minimum absolute atomic E-state index is 0.0181. The minimum Gasteiger partial charge on any atom is -0.508 e. The Hall–Kier alpha value is -2.34. The number of hydrogen-bond donors (Lipinski definition) is 2. The average Bonchev–Trinajstić information content (AvgIpc) is 3.00. The molecule has 0 spiro atoms. The number of phenols is 1. The predicted octanol–water partition coefficient (Wildman–Crippen LogP) is 2.55. The van der Waals surface area contributed by atoms with Crippen molar-refractivity contribution < 1.29 is 9.90 Å². The van der Waals surface area contributed by atoms with Crippen molar-refractivity contribution in [3.63, 3.8) is 0 Å². The second-order valence-corrected chi connectivity index (χ2v) is 6.78. The maximum absolute atomic E-state index is 12.3. The van der Waals surface area contributed by atoms with Crippen LogP contribution in [0.5, 0.6) is 5.75 Å². The van der Waals surface area contributed by atoms with Crippen LogP contribution in [0, 0.1) is 0 Å². The molecule has 1 aliphatic heterocycles. The van der Waals surface area contributed by atoms with E-state index in [9.17, 15) is 9.90 Å². The van der Waals surface area contributed by atoms with Gasteiger partial charge in [0.15, 0.2) is 0 Å². The number of aryl methyl sites for hydroxylation is 2. The first kappa shape index (κ1) is 17.5. The molecule has 1 amide bonds. The maximum Gasteiger partial charge on any atom is 0.238 e. The summed E-state index contributed by atoms with van der Waals surface area (Å²) in [5.74, 6) is 0.319. The summed E-state index contributed by atoms with van der Waals surface area (Å²) in [6.07, 6.45) is 8.97. The van der Waals surface area contributed by atoms with E-state index < -0.39 is 0 Å². The molecule has 2 heterocycles. The fourth-order valence-electron chi connectivity index (χ4n) is 3.46. The number of aromatic hydroxyl groups is 1. The Balaban J connectivity index is 1.53. The summed E-state index contributed by atoms with van der Waals surface area (Å²) in [5.41, 5.74) is 1.97. The molecule has 1 unspecified atom stereocenters. The van der Waals surface area contributed by atoms with Crippen molar-refractivity contribution in [3.05, 3.63) is 42.2 Å². The van der Waals surface area contributed by atoms with Gasteiger partial charge >= 0.3 is 0 Å². The number of anilines is 1. The number of benzene rings is 1. The molecule has 3 rings (SSSR count). The molecule has 1 saturated heterocycles. The lowest BCUT2D eigenvalue weighted by Gasteiger charge is -2.35. The number of amides is 1. The van der Waals surface area contributed by atoms with E-state index >= 15 is 0 Å². The van der Waals surface area contributed by atoms with Crippen LogP contribution in [0.15, 0.2) is 36.7 Å². The second-order valence-electron chi connectivity index (χ2n) is 6.78. The van der Waals surface area contributed by atoms with Gasteiger partial charge in [0.1, 0.15) is 5.75 Å². The van der Waals surface area contributed by atoms with Gasteiger partial charge in [-0.2, -0.15) is 5.10 Å². The van der Waals surface area contributed by atoms with Gasteiger partial charge in [-0.05, 0) is 49.9 Å². The van der Waals surface area contributed by atoms with Crippen LogP contribution in [0.25, 0.3) is 0 Å². The number of aromatic nitrogens is 2. The van der Waals surface area contributed by atoms with Gasteiger partial charge in [0.05, 0.1) is 18.4 Å². The Bertz CT molecular complexity index is 696. The molecule has 2 aromatic rings. The Morgan fingerprint density at radius 1 is 1.32 bits per heavy atom. The predicted molar refractivity (Wildman–Crippen MR) is 97.5 cm³/mol. The first-order valence-corrected chi connectivity index (χ1v) is 8.90. The Morgan fingerprint density at radius 2 is 2.12 bits per heavy atom. The zero-order valence-electron chi connectivity index (χ0n) is 14.7. The van der Waals surface area contributed by atoms with Crippen LogP contribution in [0.4, 0.5) is 5.69 Å².